The molecule has 0 saturated heterocycles. The van der Waals surface area contributed by atoms with E-state index in [4.69, 9.17) is 0 Å². The van der Waals surface area contributed by atoms with E-state index < -0.39 is 0 Å². The highest BCUT2D eigenvalue weighted by molar-refractivity contribution is 7.21. The van der Waals surface area contributed by atoms with Crippen molar-refractivity contribution < 1.29 is 0 Å². The van der Waals surface area contributed by atoms with Crippen molar-refractivity contribution >= 4 is 34.8 Å². The van der Waals surface area contributed by atoms with E-state index in [-0.39, 0.29) is 0 Å². The van der Waals surface area contributed by atoms with E-state index in [0.717, 1.165) is 0 Å². The van der Waals surface area contributed by atoms with Crippen LogP contribution in [0.25, 0.3) is 21.9 Å². The SMILES string of the molecule is C(=C\c1ccc(-c2cccs2)s1)/c1ccccc1. The zero-order valence-electron chi connectivity index (χ0n) is 9.74. The molecule has 0 saturated carbocycles. The lowest BCUT2D eigenvalue weighted by atomic mass is 10.2. The molecule has 0 aliphatic heterocycles. The van der Waals surface area contributed by atoms with Crippen molar-refractivity contribution in [2.75, 3.05) is 0 Å². The highest BCUT2D eigenvalue weighted by atomic mass is 32.1. The van der Waals surface area contributed by atoms with Gasteiger partial charge in [0.05, 0.1) is 0 Å². The molecule has 0 bridgehead atoms. The lowest BCUT2D eigenvalue weighted by molar-refractivity contribution is 1.67. The second kappa shape index (κ2) is 5.34. The molecule has 0 fully saturated rings. The lowest BCUT2D eigenvalue weighted by Crippen LogP contribution is -1.67. The molecule has 0 unspecified atom stereocenters. The van der Waals surface area contributed by atoms with Gasteiger partial charge in [0, 0.05) is 14.6 Å². The van der Waals surface area contributed by atoms with Crippen molar-refractivity contribution in [1.82, 2.24) is 0 Å². The van der Waals surface area contributed by atoms with Crippen molar-refractivity contribution in [2.45, 2.75) is 0 Å². The first-order valence-corrected chi connectivity index (χ1v) is 7.48. The van der Waals surface area contributed by atoms with Gasteiger partial charge in [-0.1, -0.05) is 42.5 Å². The molecule has 88 valence electrons. The first-order valence-electron chi connectivity index (χ1n) is 5.79. The van der Waals surface area contributed by atoms with Crippen LogP contribution in [0, 0.1) is 0 Å². The lowest BCUT2D eigenvalue weighted by Gasteiger charge is -1.90. The standard InChI is InChI=1S/C16H12S2/c1-2-5-13(6-3-1)8-9-14-10-11-16(18-14)15-7-4-12-17-15/h1-12H/b9-8+. The summed E-state index contributed by atoms with van der Waals surface area (Å²) in [5, 5.41) is 2.12. The van der Waals surface area contributed by atoms with Crippen molar-refractivity contribution in [3.63, 3.8) is 0 Å². The van der Waals surface area contributed by atoms with E-state index in [2.05, 4.69) is 66.1 Å². The topological polar surface area (TPSA) is 0 Å². The molecular formula is C16H12S2. The fourth-order valence-corrected chi connectivity index (χ4v) is 3.48. The van der Waals surface area contributed by atoms with Gasteiger partial charge in [-0.2, -0.15) is 0 Å². The summed E-state index contributed by atoms with van der Waals surface area (Å²) in [4.78, 5) is 3.99. The van der Waals surface area contributed by atoms with E-state index in [1.54, 1.807) is 11.3 Å². The van der Waals surface area contributed by atoms with E-state index in [9.17, 15) is 0 Å². The van der Waals surface area contributed by atoms with Gasteiger partial charge in [-0.05, 0) is 35.2 Å². The quantitative estimate of drug-likeness (QED) is 0.576. The fraction of sp³-hybridized carbons (Fsp3) is 0. The average Bonchev–Trinajstić information content (AvgIpc) is 3.08. The van der Waals surface area contributed by atoms with Crippen LogP contribution in [0.15, 0.2) is 60.0 Å². The van der Waals surface area contributed by atoms with Gasteiger partial charge in [0.2, 0.25) is 0 Å². The Bertz CT molecular complexity index is 631. The molecule has 0 aliphatic rings. The van der Waals surface area contributed by atoms with Gasteiger partial charge < -0.3 is 0 Å². The molecule has 3 aromatic rings. The second-order valence-corrected chi connectivity index (χ2v) is 5.99. The molecule has 2 heterocycles. The largest absolute Gasteiger partial charge is 0.143 e. The van der Waals surface area contributed by atoms with Crippen LogP contribution in [0.1, 0.15) is 10.4 Å². The summed E-state index contributed by atoms with van der Waals surface area (Å²) in [7, 11) is 0. The molecule has 3 rings (SSSR count). The minimum atomic E-state index is 1.24. The Kier molecular flexibility index (Phi) is 3.40. The molecule has 0 atom stereocenters. The zero-order valence-corrected chi connectivity index (χ0v) is 11.4. The molecule has 0 nitrogen and oxygen atoms in total. The second-order valence-electron chi connectivity index (χ2n) is 3.92. The number of benzene rings is 1. The van der Waals surface area contributed by atoms with Gasteiger partial charge in [-0.3, -0.25) is 0 Å². The molecule has 2 aromatic heterocycles. The van der Waals surface area contributed by atoms with Crippen LogP contribution in [0.3, 0.4) is 0 Å². The monoisotopic (exact) mass is 268 g/mol. The Labute approximate surface area is 115 Å². The smallest absolute Gasteiger partial charge is 0.0448 e. The molecule has 0 N–H and O–H groups in total. The Morgan fingerprint density at radius 1 is 0.722 bits per heavy atom. The van der Waals surface area contributed by atoms with Gasteiger partial charge in [-0.15, -0.1) is 22.7 Å². The fourth-order valence-electron chi connectivity index (χ4n) is 1.74. The van der Waals surface area contributed by atoms with Crippen LogP contribution in [0.4, 0.5) is 0 Å². The summed E-state index contributed by atoms with van der Waals surface area (Å²) in [5.74, 6) is 0. The van der Waals surface area contributed by atoms with Crippen LogP contribution >= 0.6 is 22.7 Å². The number of hydrogen-bond donors (Lipinski definition) is 0. The molecule has 2 heteroatoms. The number of hydrogen-bond acceptors (Lipinski definition) is 2. The van der Waals surface area contributed by atoms with Crippen LogP contribution < -0.4 is 0 Å². The van der Waals surface area contributed by atoms with Crippen molar-refractivity contribution in [3.05, 3.63) is 70.4 Å². The van der Waals surface area contributed by atoms with Crippen molar-refractivity contribution in [1.29, 1.82) is 0 Å². The molecule has 0 spiro atoms. The van der Waals surface area contributed by atoms with E-state index in [0.29, 0.717) is 0 Å². The van der Waals surface area contributed by atoms with Gasteiger partial charge >= 0.3 is 0 Å². The Hall–Kier alpha value is -1.64. The third-order valence-electron chi connectivity index (χ3n) is 2.63. The van der Waals surface area contributed by atoms with Crippen LogP contribution in [-0.2, 0) is 0 Å². The first-order chi connectivity index (χ1) is 8.92. The van der Waals surface area contributed by atoms with Crippen LogP contribution in [-0.4, -0.2) is 0 Å². The molecule has 0 aliphatic carbocycles. The highest BCUT2D eigenvalue weighted by Crippen LogP contribution is 2.32. The molecular weight excluding hydrogens is 256 g/mol. The Balaban J connectivity index is 1.80. The summed E-state index contributed by atoms with van der Waals surface area (Å²) < 4.78 is 0. The van der Waals surface area contributed by atoms with E-state index in [1.807, 2.05) is 17.4 Å². The van der Waals surface area contributed by atoms with Gasteiger partial charge in [0.25, 0.3) is 0 Å². The Morgan fingerprint density at radius 3 is 2.39 bits per heavy atom. The van der Waals surface area contributed by atoms with Crippen molar-refractivity contribution in [2.24, 2.45) is 0 Å². The summed E-state index contributed by atoms with van der Waals surface area (Å²) in [6, 6.07) is 19.0. The summed E-state index contributed by atoms with van der Waals surface area (Å²) in [6.45, 7) is 0. The molecule has 0 radical (unpaired) electrons. The van der Waals surface area contributed by atoms with E-state index in [1.165, 1.54) is 20.2 Å². The minimum Gasteiger partial charge on any atom is -0.143 e. The van der Waals surface area contributed by atoms with Crippen LogP contribution in [0.5, 0.6) is 0 Å². The normalized spacial score (nSPS) is 11.1. The van der Waals surface area contributed by atoms with E-state index >= 15 is 0 Å². The molecule has 18 heavy (non-hydrogen) atoms. The number of thiophene rings is 2. The summed E-state index contributed by atoms with van der Waals surface area (Å²) in [5.41, 5.74) is 1.24. The third-order valence-corrected chi connectivity index (χ3v) is 4.75. The van der Waals surface area contributed by atoms with Crippen LogP contribution in [0.2, 0.25) is 0 Å². The first kappa shape index (κ1) is 11.5. The third kappa shape index (κ3) is 2.61. The Morgan fingerprint density at radius 2 is 1.61 bits per heavy atom. The maximum absolute atomic E-state index is 2.20. The van der Waals surface area contributed by atoms with Gasteiger partial charge in [0.15, 0.2) is 0 Å². The predicted octanol–water partition coefficient (Wildman–Crippen LogP) is 5.65. The summed E-state index contributed by atoms with van der Waals surface area (Å²) in [6.07, 6.45) is 4.33. The predicted molar refractivity (Wildman–Crippen MR) is 83.0 cm³/mol. The maximum Gasteiger partial charge on any atom is 0.0448 e. The molecule has 0 amide bonds. The zero-order chi connectivity index (χ0) is 12.2. The number of rotatable bonds is 3. The van der Waals surface area contributed by atoms with Gasteiger partial charge in [-0.25, -0.2) is 0 Å². The highest BCUT2D eigenvalue weighted by Gasteiger charge is 2.01. The molecule has 1 aromatic carbocycles. The summed E-state index contributed by atoms with van der Waals surface area (Å²) >= 11 is 3.62. The van der Waals surface area contributed by atoms with Gasteiger partial charge in [0.1, 0.15) is 0 Å². The van der Waals surface area contributed by atoms with Crippen molar-refractivity contribution in [3.8, 4) is 9.75 Å². The maximum atomic E-state index is 2.20. The minimum absolute atomic E-state index is 1.24. The average molecular weight is 268 g/mol.